The number of para-hydroxylation sites is 1. The first-order valence-corrected chi connectivity index (χ1v) is 13.4. The number of nitrogens with zero attached hydrogens (tertiary/aromatic N) is 1. The fourth-order valence-corrected chi connectivity index (χ4v) is 5.28. The average Bonchev–Trinajstić information content (AvgIpc) is 3.25. The second kappa shape index (κ2) is 12.8. The van der Waals surface area contributed by atoms with Gasteiger partial charge in [-0.2, -0.15) is 13.2 Å². The topological polar surface area (TPSA) is 113 Å². The normalized spacial score (nSPS) is 16.4. The Balaban J connectivity index is 1.93. The highest BCUT2D eigenvalue weighted by atomic mass is 19.4. The highest BCUT2D eigenvalue weighted by Crippen LogP contribution is 2.47. The van der Waals surface area contributed by atoms with E-state index >= 15 is 13.2 Å². The average molecular weight is 629 g/mol. The van der Waals surface area contributed by atoms with Gasteiger partial charge < -0.3 is 33.9 Å². The molecule has 0 spiro atoms. The molecule has 13 heteroatoms. The summed E-state index contributed by atoms with van der Waals surface area (Å²) >= 11 is 0. The van der Waals surface area contributed by atoms with Gasteiger partial charge in [0.15, 0.2) is 28.8 Å². The number of Topliss-reactive ketones (excluding diaryl/α,β-unsaturated/α-hetero) is 1. The molecule has 3 aromatic rings. The molecule has 1 aliphatic heterocycles. The van der Waals surface area contributed by atoms with Gasteiger partial charge in [0.25, 0.3) is 11.8 Å². The van der Waals surface area contributed by atoms with Gasteiger partial charge in [0, 0.05) is 22.4 Å². The fraction of sp³-hybridized carbons (Fsp3) is 0.281. The fourth-order valence-electron chi connectivity index (χ4n) is 5.28. The number of amides is 2. The van der Waals surface area contributed by atoms with Crippen LogP contribution in [-0.4, -0.2) is 69.8 Å². The summed E-state index contributed by atoms with van der Waals surface area (Å²) in [6, 6.07) is 14.2. The Morgan fingerprint density at radius 1 is 0.778 bits per heavy atom. The lowest BCUT2D eigenvalue weighted by atomic mass is 9.84. The summed E-state index contributed by atoms with van der Waals surface area (Å²) in [7, 11) is 6.58. The second-order valence-corrected chi connectivity index (χ2v) is 9.82. The van der Waals surface area contributed by atoms with Crippen LogP contribution in [0.3, 0.4) is 0 Å². The Bertz CT molecular complexity index is 1630. The molecule has 0 aromatic heterocycles. The molecule has 10 nitrogen and oxygen atoms in total. The molecule has 0 fully saturated rings. The van der Waals surface area contributed by atoms with Crippen LogP contribution in [0.25, 0.3) is 0 Å². The van der Waals surface area contributed by atoms with Crippen LogP contribution in [0.1, 0.15) is 33.2 Å². The van der Waals surface area contributed by atoms with Crippen LogP contribution in [-0.2, 0) is 11.3 Å². The number of methoxy groups -OCH3 is 5. The third-order valence-electron chi connectivity index (χ3n) is 7.44. The van der Waals surface area contributed by atoms with Gasteiger partial charge >= 0.3 is 6.18 Å². The molecule has 0 saturated heterocycles. The molecule has 0 unspecified atom stereocenters. The predicted octanol–water partition coefficient (Wildman–Crippen LogP) is 4.96. The summed E-state index contributed by atoms with van der Waals surface area (Å²) in [5.41, 5.74) is -5.19. The lowest BCUT2D eigenvalue weighted by Crippen LogP contribution is -2.66. The number of nitrogens with one attached hydrogen (secondary N) is 1. The van der Waals surface area contributed by atoms with Crippen molar-refractivity contribution in [1.29, 1.82) is 0 Å². The van der Waals surface area contributed by atoms with Gasteiger partial charge in [-0.15, -0.1) is 0 Å². The number of benzene rings is 3. The number of alkyl halides is 3. The molecule has 4 rings (SSSR count). The SMILES string of the molecule is COc1cccc(CN2C(=O)[C@@](NC(=O)c3cc(OC)c(OC)c(OC)c3)(C(F)(F)F)C(C(=O)c3ccccc3)=C2C)c1OC. The van der Waals surface area contributed by atoms with E-state index in [4.69, 9.17) is 23.7 Å². The van der Waals surface area contributed by atoms with Crippen LogP contribution in [0.2, 0.25) is 0 Å². The van der Waals surface area contributed by atoms with Crippen LogP contribution in [0.15, 0.2) is 71.9 Å². The quantitative estimate of drug-likeness (QED) is 0.297. The number of carbonyl (C=O) groups excluding carboxylic acids is 3. The monoisotopic (exact) mass is 628 g/mol. The molecule has 0 saturated carbocycles. The standard InChI is InChI=1S/C32H31F3N2O8/c1-18-25(26(38)19-11-8-7-9-12-19)31(32(33,34)35,30(40)37(18)17-20-13-10-14-22(41-2)27(20)44-5)36-29(39)21-15-23(42-3)28(45-6)24(16-21)43-4/h7-16H,17H2,1-6H3,(H,36,39)/t31-/m1/s1. The van der Waals surface area contributed by atoms with E-state index in [1.807, 2.05) is 5.32 Å². The minimum Gasteiger partial charge on any atom is -0.493 e. The van der Waals surface area contributed by atoms with E-state index in [0.717, 1.165) is 17.0 Å². The number of ketones is 1. The molecule has 1 atom stereocenters. The Kier molecular flexibility index (Phi) is 9.31. The van der Waals surface area contributed by atoms with E-state index in [1.54, 1.807) is 24.3 Å². The summed E-state index contributed by atoms with van der Waals surface area (Å²) in [5.74, 6) is -3.48. The number of hydrogen-bond acceptors (Lipinski definition) is 8. The highest BCUT2D eigenvalue weighted by Gasteiger charge is 2.70. The van der Waals surface area contributed by atoms with Gasteiger partial charge in [0.2, 0.25) is 11.3 Å². The third-order valence-corrected chi connectivity index (χ3v) is 7.44. The van der Waals surface area contributed by atoms with Gasteiger partial charge in [0.1, 0.15) is 0 Å². The van der Waals surface area contributed by atoms with Crippen molar-refractivity contribution >= 4 is 17.6 Å². The Morgan fingerprint density at radius 3 is 1.87 bits per heavy atom. The Morgan fingerprint density at radius 2 is 1.36 bits per heavy atom. The zero-order chi connectivity index (χ0) is 33.1. The molecule has 0 bridgehead atoms. The zero-order valence-electron chi connectivity index (χ0n) is 25.3. The number of ether oxygens (including phenoxy) is 5. The zero-order valence-corrected chi connectivity index (χ0v) is 25.3. The lowest BCUT2D eigenvalue weighted by Gasteiger charge is -2.33. The largest absolute Gasteiger partial charge is 0.493 e. The van der Waals surface area contributed by atoms with Crippen LogP contribution in [0.5, 0.6) is 28.7 Å². The van der Waals surface area contributed by atoms with E-state index in [0.29, 0.717) is 5.56 Å². The Hall–Kier alpha value is -5.20. The lowest BCUT2D eigenvalue weighted by molar-refractivity contribution is -0.189. The van der Waals surface area contributed by atoms with E-state index in [1.165, 1.54) is 66.7 Å². The summed E-state index contributed by atoms with van der Waals surface area (Å²) in [6.45, 7) is 0.786. The Labute approximate surface area is 257 Å². The summed E-state index contributed by atoms with van der Waals surface area (Å²) in [4.78, 5) is 42.6. The van der Waals surface area contributed by atoms with E-state index in [9.17, 15) is 14.4 Å². The maximum absolute atomic E-state index is 15.5. The van der Waals surface area contributed by atoms with Gasteiger partial charge in [-0.3, -0.25) is 14.4 Å². The van der Waals surface area contributed by atoms with Crippen molar-refractivity contribution in [2.24, 2.45) is 0 Å². The highest BCUT2D eigenvalue weighted by molar-refractivity contribution is 6.19. The predicted molar refractivity (Wildman–Crippen MR) is 156 cm³/mol. The molecule has 2 amide bonds. The molecular formula is C32H31F3N2O8. The maximum Gasteiger partial charge on any atom is 0.425 e. The third kappa shape index (κ3) is 5.61. The number of carbonyl (C=O) groups is 3. The van der Waals surface area contributed by atoms with Crippen molar-refractivity contribution in [2.75, 3.05) is 35.5 Å². The molecule has 1 N–H and O–H groups in total. The molecule has 0 aliphatic carbocycles. The number of allylic oxidation sites excluding steroid dienone is 1. The molecule has 3 aromatic carbocycles. The molecule has 238 valence electrons. The first kappa shape index (κ1) is 32.7. The maximum atomic E-state index is 15.5. The van der Waals surface area contributed by atoms with Crippen LogP contribution in [0.4, 0.5) is 13.2 Å². The van der Waals surface area contributed by atoms with E-state index in [2.05, 4.69) is 0 Å². The summed E-state index contributed by atoms with van der Waals surface area (Å²) in [5, 5.41) is 1.89. The smallest absolute Gasteiger partial charge is 0.425 e. The van der Waals surface area contributed by atoms with Crippen LogP contribution >= 0.6 is 0 Å². The molecule has 0 radical (unpaired) electrons. The van der Waals surface area contributed by atoms with Gasteiger partial charge in [0.05, 0.1) is 47.7 Å². The number of hydrogen-bond donors (Lipinski definition) is 1. The first-order chi connectivity index (χ1) is 21.4. The first-order valence-electron chi connectivity index (χ1n) is 13.4. The second-order valence-electron chi connectivity index (χ2n) is 9.82. The van der Waals surface area contributed by atoms with Gasteiger partial charge in [-0.1, -0.05) is 42.5 Å². The van der Waals surface area contributed by atoms with Crippen LogP contribution < -0.4 is 29.0 Å². The molecular weight excluding hydrogens is 597 g/mol. The van der Waals surface area contributed by atoms with Crippen molar-refractivity contribution < 1.29 is 51.2 Å². The summed E-state index contributed by atoms with van der Waals surface area (Å²) < 4.78 is 72.9. The molecule has 45 heavy (non-hydrogen) atoms. The van der Waals surface area contributed by atoms with E-state index in [-0.39, 0.29) is 45.6 Å². The number of rotatable bonds is 11. The van der Waals surface area contributed by atoms with Crippen LogP contribution in [0, 0.1) is 0 Å². The van der Waals surface area contributed by atoms with Crippen molar-refractivity contribution in [3.63, 3.8) is 0 Å². The van der Waals surface area contributed by atoms with E-state index < -0.39 is 41.4 Å². The minimum absolute atomic E-state index is 0.0140. The van der Waals surface area contributed by atoms with Crippen molar-refractivity contribution in [1.82, 2.24) is 10.2 Å². The number of halogens is 3. The van der Waals surface area contributed by atoms with Gasteiger partial charge in [-0.25, -0.2) is 0 Å². The molecule has 1 heterocycles. The van der Waals surface area contributed by atoms with Crippen molar-refractivity contribution in [3.8, 4) is 28.7 Å². The minimum atomic E-state index is -5.48. The van der Waals surface area contributed by atoms with Crippen molar-refractivity contribution in [3.05, 3.63) is 88.6 Å². The van der Waals surface area contributed by atoms with Crippen molar-refractivity contribution in [2.45, 2.75) is 25.2 Å². The van der Waals surface area contributed by atoms with Gasteiger partial charge in [-0.05, 0) is 25.1 Å². The molecule has 1 aliphatic rings. The summed E-state index contributed by atoms with van der Waals surface area (Å²) in [6.07, 6.45) is -5.48.